The molecule has 0 aliphatic carbocycles. The number of nitrogens with zero attached hydrogens (tertiary/aromatic N) is 1. The van der Waals surface area contributed by atoms with E-state index >= 15 is 0 Å². The molecule has 106 valence electrons. The third-order valence-corrected chi connectivity index (χ3v) is 3.27. The zero-order valence-corrected chi connectivity index (χ0v) is 11.9. The lowest BCUT2D eigenvalue weighted by atomic mass is 10.2. The first kappa shape index (κ1) is 14.4. The van der Waals surface area contributed by atoms with E-state index in [0.29, 0.717) is 12.8 Å². The van der Waals surface area contributed by atoms with Crippen LogP contribution in [0.15, 0.2) is 53.1 Å². The Balaban J connectivity index is 2.00. The molecule has 2 aromatic rings. The molecule has 20 heavy (non-hydrogen) atoms. The maximum absolute atomic E-state index is 12.4. The molecule has 0 fully saturated rings. The van der Waals surface area contributed by atoms with Crippen molar-refractivity contribution in [2.24, 2.45) is 0 Å². The zero-order chi connectivity index (χ0) is 14.2. The van der Waals surface area contributed by atoms with Crippen molar-refractivity contribution < 1.29 is 9.21 Å². The molecule has 0 atom stereocenters. The van der Waals surface area contributed by atoms with E-state index in [4.69, 9.17) is 4.42 Å². The summed E-state index contributed by atoms with van der Waals surface area (Å²) in [5.41, 5.74) is 0.977. The highest BCUT2D eigenvalue weighted by molar-refractivity contribution is 5.93. The van der Waals surface area contributed by atoms with Crippen molar-refractivity contribution in [1.29, 1.82) is 0 Å². The van der Waals surface area contributed by atoms with Crippen LogP contribution in [0.25, 0.3) is 0 Å². The van der Waals surface area contributed by atoms with E-state index in [9.17, 15) is 4.79 Å². The number of rotatable bonds is 7. The van der Waals surface area contributed by atoms with Crippen molar-refractivity contribution in [2.45, 2.75) is 32.6 Å². The Morgan fingerprint density at radius 2 is 1.95 bits per heavy atom. The molecule has 1 heterocycles. The number of amides is 1. The summed E-state index contributed by atoms with van der Waals surface area (Å²) < 4.78 is 5.28. The molecule has 0 bridgehead atoms. The Bertz CT molecular complexity index is 505. The van der Waals surface area contributed by atoms with E-state index in [1.165, 1.54) is 0 Å². The molecule has 0 spiro atoms. The lowest BCUT2D eigenvalue weighted by molar-refractivity contribution is -0.118. The second kappa shape index (κ2) is 7.53. The summed E-state index contributed by atoms with van der Waals surface area (Å²) in [5.74, 6) is 1.02. The molecule has 1 amide bonds. The summed E-state index contributed by atoms with van der Waals surface area (Å²) in [6, 6.07) is 13.6. The van der Waals surface area contributed by atoms with Gasteiger partial charge in [-0.15, -0.1) is 0 Å². The van der Waals surface area contributed by atoms with Crippen LogP contribution in [0.2, 0.25) is 0 Å². The maximum atomic E-state index is 12.4. The average molecular weight is 271 g/mol. The SMILES string of the molecule is CCCCN(C(=O)CCc1ccco1)c1ccccc1. The van der Waals surface area contributed by atoms with Crippen LogP contribution in [0.4, 0.5) is 5.69 Å². The number of carbonyl (C=O) groups excluding carboxylic acids is 1. The average Bonchev–Trinajstić information content (AvgIpc) is 3.00. The number of unbranched alkanes of at least 4 members (excludes halogenated alkanes) is 1. The van der Waals surface area contributed by atoms with Crippen LogP contribution < -0.4 is 4.90 Å². The number of benzene rings is 1. The van der Waals surface area contributed by atoms with Gasteiger partial charge in [-0.1, -0.05) is 31.5 Å². The minimum Gasteiger partial charge on any atom is -0.469 e. The highest BCUT2D eigenvalue weighted by Gasteiger charge is 2.15. The van der Waals surface area contributed by atoms with Gasteiger partial charge < -0.3 is 9.32 Å². The Labute approximate surface area is 120 Å². The highest BCUT2D eigenvalue weighted by Crippen LogP contribution is 2.16. The standard InChI is InChI=1S/C17H21NO2/c1-2-3-13-18(15-8-5-4-6-9-15)17(19)12-11-16-10-7-14-20-16/h4-10,14H,2-3,11-13H2,1H3. The molecule has 0 aliphatic rings. The Kier molecular flexibility index (Phi) is 5.42. The maximum Gasteiger partial charge on any atom is 0.227 e. The zero-order valence-electron chi connectivity index (χ0n) is 11.9. The van der Waals surface area contributed by atoms with Crippen LogP contribution in [0.3, 0.4) is 0 Å². The summed E-state index contributed by atoms with van der Waals surface area (Å²) in [6.07, 6.45) is 4.87. The van der Waals surface area contributed by atoms with E-state index in [-0.39, 0.29) is 5.91 Å². The lowest BCUT2D eigenvalue weighted by Crippen LogP contribution is -2.32. The van der Waals surface area contributed by atoms with Crippen molar-refractivity contribution in [2.75, 3.05) is 11.4 Å². The van der Waals surface area contributed by atoms with Crippen molar-refractivity contribution in [3.63, 3.8) is 0 Å². The molecule has 1 aromatic heterocycles. The topological polar surface area (TPSA) is 33.5 Å². The van der Waals surface area contributed by atoms with Gasteiger partial charge in [0.05, 0.1) is 6.26 Å². The highest BCUT2D eigenvalue weighted by atomic mass is 16.3. The predicted octanol–water partition coefficient (Wildman–Crippen LogP) is 4.05. The van der Waals surface area contributed by atoms with Gasteiger partial charge in [-0.2, -0.15) is 0 Å². The summed E-state index contributed by atoms with van der Waals surface area (Å²) in [7, 11) is 0. The van der Waals surface area contributed by atoms with Crippen molar-refractivity contribution >= 4 is 11.6 Å². The fourth-order valence-corrected chi connectivity index (χ4v) is 2.14. The first-order valence-electron chi connectivity index (χ1n) is 7.19. The number of hydrogen-bond donors (Lipinski definition) is 0. The van der Waals surface area contributed by atoms with Crippen LogP contribution in [-0.4, -0.2) is 12.5 Å². The van der Waals surface area contributed by atoms with Gasteiger partial charge in [-0.25, -0.2) is 0 Å². The number of para-hydroxylation sites is 1. The van der Waals surface area contributed by atoms with E-state index in [1.807, 2.05) is 47.4 Å². The predicted molar refractivity (Wildman–Crippen MR) is 80.7 cm³/mol. The molecule has 3 nitrogen and oxygen atoms in total. The van der Waals surface area contributed by atoms with E-state index in [1.54, 1.807) is 6.26 Å². The van der Waals surface area contributed by atoms with Crippen molar-refractivity contribution in [1.82, 2.24) is 0 Å². The van der Waals surface area contributed by atoms with E-state index in [0.717, 1.165) is 30.8 Å². The lowest BCUT2D eigenvalue weighted by Gasteiger charge is -2.22. The van der Waals surface area contributed by atoms with Crippen LogP contribution in [0.1, 0.15) is 31.9 Å². The molecule has 1 aromatic carbocycles. The number of hydrogen-bond acceptors (Lipinski definition) is 2. The molecular formula is C17H21NO2. The first-order chi connectivity index (χ1) is 9.81. The molecular weight excluding hydrogens is 250 g/mol. The molecule has 2 rings (SSSR count). The van der Waals surface area contributed by atoms with Crippen molar-refractivity contribution in [3.05, 3.63) is 54.5 Å². The minimum absolute atomic E-state index is 0.154. The summed E-state index contributed by atoms with van der Waals surface area (Å²) in [4.78, 5) is 14.3. The van der Waals surface area contributed by atoms with Crippen LogP contribution in [0.5, 0.6) is 0 Å². The van der Waals surface area contributed by atoms with Gasteiger partial charge in [-0.3, -0.25) is 4.79 Å². The van der Waals surface area contributed by atoms with E-state index < -0.39 is 0 Å². The Hall–Kier alpha value is -2.03. The number of aryl methyl sites for hydroxylation is 1. The molecule has 0 N–H and O–H groups in total. The van der Waals surface area contributed by atoms with Gasteiger partial charge in [0.25, 0.3) is 0 Å². The van der Waals surface area contributed by atoms with Gasteiger partial charge >= 0.3 is 0 Å². The normalized spacial score (nSPS) is 10.4. The van der Waals surface area contributed by atoms with Gasteiger partial charge in [0.15, 0.2) is 0 Å². The Morgan fingerprint density at radius 3 is 2.60 bits per heavy atom. The fourth-order valence-electron chi connectivity index (χ4n) is 2.14. The fraction of sp³-hybridized carbons (Fsp3) is 0.353. The second-order valence-corrected chi connectivity index (χ2v) is 4.81. The molecule has 3 heteroatoms. The molecule has 0 radical (unpaired) electrons. The quantitative estimate of drug-likeness (QED) is 0.761. The summed E-state index contributed by atoms with van der Waals surface area (Å²) >= 11 is 0. The van der Waals surface area contributed by atoms with Gasteiger partial charge in [0, 0.05) is 25.1 Å². The Morgan fingerprint density at radius 1 is 1.15 bits per heavy atom. The minimum atomic E-state index is 0.154. The summed E-state index contributed by atoms with van der Waals surface area (Å²) in [6.45, 7) is 2.91. The largest absolute Gasteiger partial charge is 0.469 e. The van der Waals surface area contributed by atoms with Gasteiger partial charge in [0.2, 0.25) is 5.91 Å². The monoisotopic (exact) mass is 271 g/mol. The number of furan rings is 1. The van der Waals surface area contributed by atoms with Gasteiger partial charge in [0.1, 0.15) is 5.76 Å². The molecule has 0 saturated heterocycles. The van der Waals surface area contributed by atoms with Crippen LogP contribution in [0, 0.1) is 0 Å². The summed E-state index contributed by atoms with van der Waals surface area (Å²) in [5, 5.41) is 0. The molecule has 0 unspecified atom stereocenters. The third-order valence-electron chi connectivity index (χ3n) is 3.27. The first-order valence-corrected chi connectivity index (χ1v) is 7.19. The van der Waals surface area contributed by atoms with E-state index in [2.05, 4.69) is 6.92 Å². The van der Waals surface area contributed by atoms with Crippen molar-refractivity contribution in [3.8, 4) is 0 Å². The molecule has 0 saturated carbocycles. The number of anilines is 1. The van der Waals surface area contributed by atoms with Crippen LogP contribution in [-0.2, 0) is 11.2 Å². The smallest absolute Gasteiger partial charge is 0.227 e. The third kappa shape index (κ3) is 3.98. The van der Waals surface area contributed by atoms with Gasteiger partial charge in [-0.05, 0) is 30.7 Å². The molecule has 0 aliphatic heterocycles. The second-order valence-electron chi connectivity index (χ2n) is 4.81. The van der Waals surface area contributed by atoms with Crippen LogP contribution >= 0.6 is 0 Å². The number of carbonyl (C=O) groups is 1.